The number of rotatable bonds is 5. The molecule has 0 aliphatic carbocycles. The van der Waals surface area contributed by atoms with E-state index in [9.17, 15) is 0 Å². The number of hydrogen-bond donors (Lipinski definition) is 2. The van der Waals surface area contributed by atoms with Crippen LogP contribution in [0.3, 0.4) is 0 Å². The normalized spacial score (nSPS) is 10.2. The number of nitrogens with one attached hydrogen (secondary N) is 1. The van der Waals surface area contributed by atoms with Crippen molar-refractivity contribution in [3.63, 3.8) is 0 Å². The topological polar surface area (TPSA) is 41.5 Å². The maximum Gasteiger partial charge on any atom is 0.120 e. The molecule has 0 atom stereocenters. The Hall–Kier alpha value is -0.770. The third kappa shape index (κ3) is 3.18. The first kappa shape index (κ1) is 11.3. The highest BCUT2D eigenvalue weighted by Gasteiger charge is 2.01. The molecule has 0 bridgehead atoms. The van der Waals surface area contributed by atoms with Crippen LogP contribution in [0.5, 0.6) is 5.75 Å². The molecule has 14 heavy (non-hydrogen) atoms. The molecule has 1 aromatic rings. The minimum atomic E-state index is 0.133. The molecule has 1 aromatic carbocycles. The van der Waals surface area contributed by atoms with E-state index in [1.807, 2.05) is 12.1 Å². The fourth-order valence-corrected chi connectivity index (χ4v) is 1.34. The van der Waals surface area contributed by atoms with Crippen molar-refractivity contribution in [1.82, 2.24) is 5.32 Å². The molecule has 1 rings (SSSR count). The maximum atomic E-state index is 8.58. The predicted octanol–water partition coefficient (Wildman–Crippen LogP) is 1.43. The molecule has 0 radical (unpaired) electrons. The second-order valence-corrected chi connectivity index (χ2v) is 3.26. The maximum absolute atomic E-state index is 8.58. The molecular formula is C10H14ClNO2. The van der Waals surface area contributed by atoms with Crippen LogP contribution in [-0.2, 0) is 6.54 Å². The first-order valence-corrected chi connectivity index (χ1v) is 4.79. The summed E-state index contributed by atoms with van der Waals surface area (Å²) in [5.74, 6) is 0.751. The third-order valence-corrected chi connectivity index (χ3v) is 2.22. The summed E-state index contributed by atoms with van der Waals surface area (Å²) in [5, 5.41) is 12.3. The van der Waals surface area contributed by atoms with Gasteiger partial charge in [-0.2, -0.15) is 0 Å². The van der Waals surface area contributed by atoms with Crippen molar-refractivity contribution < 1.29 is 9.84 Å². The van der Waals surface area contributed by atoms with Crippen molar-refractivity contribution >= 4 is 11.6 Å². The molecule has 0 aliphatic heterocycles. The van der Waals surface area contributed by atoms with Gasteiger partial charge in [0.15, 0.2) is 0 Å². The van der Waals surface area contributed by atoms with Crippen LogP contribution in [0.4, 0.5) is 0 Å². The van der Waals surface area contributed by atoms with Gasteiger partial charge in [0.25, 0.3) is 0 Å². The lowest BCUT2D eigenvalue weighted by molar-refractivity contribution is 0.292. The zero-order valence-electron chi connectivity index (χ0n) is 8.09. The predicted molar refractivity (Wildman–Crippen MR) is 56.8 cm³/mol. The minimum Gasteiger partial charge on any atom is -0.497 e. The molecule has 0 saturated heterocycles. The van der Waals surface area contributed by atoms with E-state index in [1.165, 1.54) is 0 Å². The lowest BCUT2D eigenvalue weighted by atomic mass is 10.2. The van der Waals surface area contributed by atoms with Gasteiger partial charge in [-0.15, -0.1) is 0 Å². The summed E-state index contributed by atoms with van der Waals surface area (Å²) >= 11 is 6.00. The fraction of sp³-hybridized carbons (Fsp3) is 0.400. The Morgan fingerprint density at radius 2 is 2.29 bits per heavy atom. The van der Waals surface area contributed by atoms with Crippen LogP contribution < -0.4 is 10.1 Å². The van der Waals surface area contributed by atoms with Crippen molar-refractivity contribution in [3.05, 3.63) is 28.8 Å². The first-order valence-electron chi connectivity index (χ1n) is 4.42. The van der Waals surface area contributed by atoms with Crippen LogP contribution in [-0.4, -0.2) is 25.4 Å². The number of halogens is 1. The Morgan fingerprint density at radius 3 is 2.86 bits per heavy atom. The van der Waals surface area contributed by atoms with E-state index in [2.05, 4.69) is 5.32 Å². The molecule has 0 fully saturated rings. The summed E-state index contributed by atoms with van der Waals surface area (Å²) in [4.78, 5) is 0. The summed E-state index contributed by atoms with van der Waals surface area (Å²) in [6, 6.07) is 5.55. The Balaban J connectivity index is 2.59. The van der Waals surface area contributed by atoms with Crippen LogP contribution in [0, 0.1) is 0 Å². The Labute approximate surface area is 88.7 Å². The fourth-order valence-electron chi connectivity index (χ4n) is 1.10. The molecule has 3 nitrogen and oxygen atoms in total. The van der Waals surface area contributed by atoms with Gasteiger partial charge in [0.1, 0.15) is 5.75 Å². The number of benzene rings is 1. The molecule has 0 unspecified atom stereocenters. The Morgan fingerprint density at radius 1 is 1.50 bits per heavy atom. The van der Waals surface area contributed by atoms with Crippen molar-refractivity contribution in [2.75, 3.05) is 20.3 Å². The minimum absolute atomic E-state index is 0.133. The van der Waals surface area contributed by atoms with E-state index in [1.54, 1.807) is 13.2 Å². The van der Waals surface area contributed by atoms with Crippen LogP contribution >= 0.6 is 11.6 Å². The van der Waals surface area contributed by atoms with Gasteiger partial charge < -0.3 is 15.2 Å². The van der Waals surface area contributed by atoms with Gasteiger partial charge in [-0.05, 0) is 17.7 Å². The first-order chi connectivity index (χ1) is 6.77. The second-order valence-electron chi connectivity index (χ2n) is 2.86. The van der Waals surface area contributed by atoms with Crippen molar-refractivity contribution in [2.24, 2.45) is 0 Å². The van der Waals surface area contributed by atoms with Gasteiger partial charge in [-0.1, -0.05) is 17.7 Å². The molecule has 0 spiro atoms. The summed E-state index contributed by atoms with van der Waals surface area (Å²) in [7, 11) is 1.61. The molecule has 2 N–H and O–H groups in total. The molecule has 0 aromatic heterocycles. The van der Waals surface area contributed by atoms with E-state index in [4.69, 9.17) is 21.4 Å². The quantitative estimate of drug-likeness (QED) is 0.731. The molecule has 0 aliphatic rings. The van der Waals surface area contributed by atoms with Gasteiger partial charge in [0.2, 0.25) is 0 Å². The lowest BCUT2D eigenvalue weighted by Crippen LogP contribution is -2.17. The largest absolute Gasteiger partial charge is 0.497 e. The highest BCUT2D eigenvalue weighted by molar-refractivity contribution is 6.31. The van der Waals surface area contributed by atoms with Gasteiger partial charge in [0.05, 0.1) is 13.7 Å². The highest BCUT2D eigenvalue weighted by atomic mass is 35.5. The molecule has 0 amide bonds. The van der Waals surface area contributed by atoms with Crippen molar-refractivity contribution in [3.8, 4) is 5.75 Å². The van der Waals surface area contributed by atoms with Crippen LogP contribution in [0.2, 0.25) is 5.02 Å². The van der Waals surface area contributed by atoms with E-state index in [0.717, 1.165) is 11.3 Å². The lowest BCUT2D eigenvalue weighted by Gasteiger charge is -2.07. The van der Waals surface area contributed by atoms with Crippen LogP contribution in [0.15, 0.2) is 18.2 Å². The smallest absolute Gasteiger partial charge is 0.120 e. The second kappa shape index (κ2) is 5.86. The van der Waals surface area contributed by atoms with Gasteiger partial charge >= 0.3 is 0 Å². The van der Waals surface area contributed by atoms with Crippen LogP contribution in [0.25, 0.3) is 0 Å². The summed E-state index contributed by atoms with van der Waals surface area (Å²) in [6.07, 6.45) is 0. The highest BCUT2D eigenvalue weighted by Crippen LogP contribution is 2.21. The SMILES string of the molecule is COc1ccc(CNCCO)c(Cl)c1. The molecule has 0 heterocycles. The zero-order chi connectivity index (χ0) is 10.4. The summed E-state index contributed by atoms with van der Waals surface area (Å²) in [5.41, 5.74) is 1.00. The van der Waals surface area contributed by atoms with Gasteiger partial charge in [-0.25, -0.2) is 0 Å². The average Bonchev–Trinajstić information content (AvgIpc) is 2.20. The van der Waals surface area contributed by atoms with Crippen molar-refractivity contribution in [1.29, 1.82) is 0 Å². The van der Waals surface area contributed by atoms with E-state index in [0.29, 0.717) is 18.1 Å². The van der Waals surface area contributed by atoms with Crippen molar-refractivity contribution in [2.45, 2.75) is 6.54 Å². The van der Waals surface area contributed by atoms with E-state index < -0.39 is 0 Å². The third-order valence-electron chi connectivity index (χ3n) is 1.86. The number of ether oxygens (including phenoxy) is 1. The molecule has 0 saturated carbocycles. The monoisotopic (exact) mass is 215 g/mol. The van der Waals surface area contributed by atoms with E-state index >= 15 is 0 Å². The zero-order valence-corrected chi connectivity index (χ0v) is 8.84. The van der Waals surface area contributed by atoms with Gasteiger partial charge in [-0.3, -0.25) is 0 Å². The average molecular weight is 216 g/mol. The standard InChI is InChI=1S/C10H14ClNO2/c1-14-9-3-2-8(10(11)6-9)7-12-4-5-13/h2-3,6,12-13H,4-5,7H2,1H3. The summed E-state index contributed by atoms with van der Waals surface area (Å²) in [6.45, 7) is 1.36. The van der Waals surface area contributed by atoms with E-state index in [-0.39, 0.29) is 6.61 Å². The number of aliphatic hydroxyl groups is 1. The molecular weight excluding hydrogens is 202 g/mol. The van der Waals surface area contributed by atoms with Crippen LogP contribution in [0.1, 0.15) is 5.56 Å². The Kier molecular flexibility index (Phi) is 4.73. The number of hydrogen-bond acceptors (Lipinski definition) is 3. The number of aliphatic hydroxyl groups excluding tert-OH is 1. The van der Waals surface area contributed by atoms with Gasteiger partial charge in [0, 0.05) is 18.1 Å². The molecule has 78 valence electrons. The number of methoxy groups -OCH3 is 1. The summed E-state index contributed by atoms with van der Waals surface area (Å²) < 4.78 is 5.03. The molecule has 4 heteroatoms. The Bertz CT molecular complexity index is 291.